The maximum absolute atomic E-state index is 12.7. The normalized spacial score (nSPS) is 16.1. The summed E-state index contributed by atoms with van der Waals surface area (Å²) in [5.74, 6) is -1.58. The highest BCUT2D eigenvalue weighted by atomic mass is 16.4. The van der Waals surface area contributed by atoms with E-state index in [-0.39, 0.29) is 5.91 Å². The number of carboxylic acids is 1. The van der Waals surface area contributed by atoms with E-state index in [2.05, 4.69) is 0 Å². The van der Waals surface area contributed by atoms with Crippen LogP contribution in [-0.2, 0) is 10.2 Å². The van der Waals surface area contributed by atoms with E-state index in [1.165, 1.54) is 12.1 Å². The number of piperidine rings is 1. The Morgan fingerprint density at radius 3 is 1.92 bits per heavy atom. The number of benzene rings is 2. The van der Waals surface area contributed by atoms with Crippen LogP contribution in [-0.4, -0.2) is 40.9 Å². The Bertz CT molecular complexity index is 823. The molecule has 1 aliphatic heterocycles. The Labute approximate surface area is 151 Å². The third-order valence-electron chi connectivity index (χ3n) is 5.06. The van der Waals surface area contributed by atoms with Crippen LogP contribution in [0, 0.1) is 0 Å². The van der Waals surface area contributed by atoms with Crippen molar-refractivity contribution in [3.05, 3.63) is 71.3 Å². The molecule has 0 radical (unpaired) electrons. The second-order valence-electron chi connectivity index (χ2n) is 6.49. The number of amides is 2. The number of nitrogens with zero attached hydrogens (tertiary/aromatic N) is 1. The van der Waals surface area contributed by atoms with Gasteiger partial charge in [0.2, 0.25) is 5.91 Å². The van der Waals surface area contributed by atoms with Crippen LogP contribution in [0.4, 0.5) is 0 Å². The number of aliphatic carboxylic acids is 1. The third kappa shape index (κ3) is 3.18. The summed E-state index contributed by atoms with van der Waals surface area (Å²) >= 11 is 0. The van der Waals surface area contributed by atoms with Crippen LogP contribution in [0.2, 0.25) is 0 Å². The van der Waals surface area contributed by atoms with Gasteiger partial charge in [-0.15, -0.1) is 0 Å². The fraction of sp³-hybridized carbons (Fsp3) is 0.250. The van der Waals surface area contributed by atoms with E-state index in [0.717, 1.165) is 5.56 Å². The lowest BCUT2D eigenvalue weighted by Gasteiger charge is -2.39. The lowest BCUT2D eigenvalue weighted by atomic mass is 9.73. The zero-order chi connectivity index (χ0) is 18.7. The molecule has 3 rings (SSSR count). The largest absolute Gasteiger partial charge is 0.481 e. The van der Waals surface area contributed by atoms with E-state index in [1.807, 2.05) is 30.3 Å². The standard InChI is InChI=1S/C20H20N2O4/c21-17(23)14-6-8-15(9-7-14)18(24)22-12-10-20(11-13-22,19(25)26)16-4-2-1-3-5-16/h1-9H,10-13H2,(H2,21,23)(H,25,26). The summed E-state index contributed by atoms with van der Waals surface area (Å²) in [4.78, 5) is 37.4. The van der Waals surface area contributed by atoms with Crippen molar-refractivity contribution < 1.29 is 19.5 Å². The van der Waals surface area contributed by atoms with Crippen LogP contribution in [0.5, 0.6) is 0 Å². The average Bonchev–Trinajstić information content (AvgIpc) is 2.68. The highest BCUT2D eigenvalue weighted by Gasteiger charge is 2.43. The number of nitrogens with two attached hydrogens (primary N) is 1. The Hall–Kier alpha value is -3.15. The molecule has 1 aliphatic rings. The maximum Gasteiger partial charge on any atom is 0.314 e. The quantitative estimate of drug-likeness (QED) is 0.879. The van der Waals surface area contributed by atoms with Gasteiger partial charge in [0.05, 0.1) is 5.41 Å². The van der Waals surface area contributed by atoms with E-state index in [4.69, 9.17) is 5.73 Å². The summed E-state index contributed by atoms with van der Waals surface area (Å²) in [6.07, 6.45) is 0.717. The molecule has 134 valence electrons. The second kappa shape index (κ2) is 7.00. The van der Waals surface area contributed by atoms with Crippen molar-refractivity contribution >= 4 is 17.8 Å². The predicted molar refractivity (Wildman–Crippen MR) is 95.9 cm³/mol. The molecule has 1 heterocycles. The minimum Gasteiger partial charge on any atom is -0.481 e. The second-order valence-corrected chi connectivity index (χ2v) is 6.49. The summed E-state index contributed by atoms with van der Waals surface area (Å²) < 4.78 is 0. The predicted octanol–water partition coefficient (Wildman–Crippen LogP) is 2.04. The Morgan fingerprint density at radius 2 is 1.42 bits per heavy atom. The van der Waals surface area contributed by atoms with Gasteiger partial charge in [0.25, 0.3) is 5.91 Å². The first-order chi connectivity index (χ1) is 12.4. The number of likely N-dealkylation sites (tertiary alicyclic amines) is 1. The first-order valence-corrected chi connectivity index (χ1v) is 8.42. The molecule has 3 N–H and O–H groups in total. The van der Waals surface area contributed by atoms with Crippen molar-refractivity contribution in [1.82, 2.24) is 4.90 Å². The van der Waals surface area contributed by atoms with E-state index in [0.29, 0.717) is 37.1 Å². The molecule has 26 heavy (non-hydrogen) atoms. The smallest absolute Gasteiger partial charge is 0.314 e. The van der Waals surface area contributed by atoms with E-state index < -0.39 is 17.3 Å². The molecular weight excluding hydrogens is 332 g/mol. The summed E-state index contributed by atoms with van der Waals surface area (Å²) in [6, 6.07) is 15.3. The van der Waals surface area contributed by atoms with Crippen LogP contribution in [0.25, 0.3) is 0 Å². The molecule has 0 spiro atoms. The van der Waals surface area contributed by atoms with Gasteiger partial charge in [-0.3, -0.25) is 14.4 Å². The molecule has 0 unspecified atom stereocenters. The van der Waals surface area contributed by atoms with Crippen molar-refractivity contribution in [2.45, 2.75) is 18.3 Å². The summed E-state index contributed by atoms with van der Waals surface area (Å²) in [7, 11) is 0. The van der Waals surface area contributed by atoms with Crippen molar-refractivity contribution in [2.24, 2.45) is 5.73 Å². The zero-order valence-electron chi connectivity index (χ0n) is 14.2. The highest BCUT2D eigenvalue weighted by molar-refractivity contribution is 5.97. The minimum absolute atomic E-state index is 0.173. The monoisotopic (exact) mass is 352 g/mol. The molecule has 0 atom stereocenters. The van der Waals surface area contributed by atoms with Gasteiger partial charge in [-0.2, -0.15) is 0 Å². The molecule has 2 aromatic rings. The fourth-order valence-electron chi connectivity index (χ4n) is 3.43. The van der Waals surface area contributed by atoms with Crippen LogP contribution >= 0.6 is 0 Å². The van der Waals surface area contributed by atoms with Crippen LogP contribution in [0.3, 0.4) is 0 Å². The van der Waals surface area contributed by atoms with Gasteiger partial charge in [-0.1, -0.05) is 30.3 Å². The Kier molecular flexibility index (Phi) is 4.75. The third-order valence-corrected chi connectivity index (χ3v) is 5.06. The summed E-state index contributed by atoms with van der Waals surface area (Å²) in [5.41, 5.74) is 5.81. The number of primary amides is 1. The van der Waals surface area contributed by atoms with Gasteiger partial charge >= 0.3 is 5.97 Å². The van der Waals surface area contributed by atoms with Crippen molar-refractivity contribution in [1.29, 1.82) is 0 Å². The minimum atomic E-state index is -0.964. The molecule has 6 heteroatoms. The number of carbonyl (C=O) groups excluding carboxylic acids is 2. The number of hydrogen-bond donors (Lipinski definition) is 2. The summed E-state index contributed by atoms with van der Waals surface area (Å²) in [6.45, 7) is 0.717. The lowest BCUT2D eigenvalue weighted by molar-refractivity contribution is -0.145. The molecule has 0 aromatic heterocycles. The number of carboxylic acid groups (broad SMARTS) is 1. The fourth-order valence-corrected chi connectivity index (χ4v) is 3.43. The molecular formula is C20H20N2O4. The van der Waals surface area contributed by atoms with Crippen molar-refractivity contribution in [3.8, 4) is 0 Å². The number of carbonyl (C=O) groups is 3. The molecule has 1 fully saturated rings. The number of rotatable bonds is 4. The first kappa shape index (κ1) is 17.7. The van der Waals surface area contributed by atoms with Gasteiger partial charge in [-0.25, -0.2) is 0 Å². The van der Waals surface area contributed by atoms with Crippen LogP contribution in [0.15, 0.2) is 54.6 Å². The van der Waals surface area contributed by atoms with Crippen molar-refractivity contribution in [3.63, 3.8) is 0 Å². The van der Waals surface area contributed by atoms with Gasteiger partial charge < -0.3 is 15.7 Å². The topological polar surface area (TPSA) is 101 Å². The zero-order valence-corrected chi connectivity index (χ0v) is 14.2. The molecule has 6 nitrogen and oxygen atoms in total. The van der Waals surface area contributed by atoms with E-state index in [9.17, 15) is 19.5 Å². The van der Waals surface area contributed by atoms with Gasteiger partial charge in [0.15, 0.2) is 0 Å². The number of hydrogen-bond acceptors (Lipinski definition) is 3. The van der Waals surface area contributed by atoms with Gasteiger partial charge in [-0.05, 0) is 42.7 Å². The molecule has 0 saturated carbocycles. The molecule has 2 amide bonds. The first-order valence-electron chi connectivity index (χ1n) is 8.42. The molecule has 1 saturated heterocycles. The molecule has 0 aliphatic carbocycles. The van der Waals surface area contributed by atoms with E-state index in [1.54, 1.807) is 17.0 Å². The maximum atomic E-state index is 12.7. The summed E-state index contributed by atoms with van der Waals surface area (Å²) in [5, 5.41) is 9.82. The van der Waals surface area contributed by atoms with E-state index >= 15 is 0 Å². The highest BCUT2D eigenvalue weighted by Crippen LogP contribution is 2.36. The SMILES string of the molecule is NC(=O)c1ccc(C(=O)N2CCC(C(=O)O)(c3ccccc3)CC2)cc1. The van der Waals surface area contributed by atoms with Crippen LogP contribution in [0.1, 0.15) is 39.1 Å². The Balaban J connectivity index is 1.75. The lowest BCUT2D eigenvalue weighted by Crippen LogP contribution is -2.49. The Morgan fingerprint density at radius 1 is 0.885 bits per heavy atom. The average molecular weight is 352 g/mol. The van der Waals surface area contributed by atoms with Crippen LogP contribution < -0.4 is 5.73 Å². The van der Waals surface area contributed by atoms with Crippen molar-refractivity contribution in [2.75, 3.05) is 13.1 Å². The van der Waals surface area contributed by atoms with Gasteiger partial charge in [0.1, 0.15) is 0 Å². The van der Waals surface area contributed by atoms with Gasteiger partial charge in [0, 0.05) is 24.2 Å². The molecule has 0 bridgehead atoms. The molecule has 2 aromatic carbocycles.